The van der Waals surface area contributed by atoms with E-state index in [0.29, 0.717) is 0 Å². The molecule has 0 saturated heterocycles. The minimum atomic E-state index is 0.0895. The standard InChI is InChI=1S/C13H11N3/c14-13(15)16-11-7-6-9-5-4-8-2-1-3-10(11)12(8)9/h1-7H,(H4,14,15,16). The van der Waals surface area contributed by atoms with Gasteiger partial charge in [-0.2, -0.15) is 0 Å². The van der Waals surface area contributed by atoms with Crippen LogP contribution in [0.5, 0.6) is 0 Å². The van der Waals surface area contributed by atoms with Crippen LogP contribution in [0.3, 0.4) is 0 Å². The average Bonchev–Trinajstić information content (AvgIpc) is 2.67. The Morgan fingerprint density at radius 1 is 0.938 bits per heavy atom. The molecule has 0 heterocycles. The maximum Gasteiger partial charge on any atom is 0.191 e. The van der Waals surface area contributed by atoms with E-state index in [1.807, 2.05) is 24.3 Å². The van der Waals surface area contributed by atoms with E-state index >= 15 is 0 Å². The summed E-state index contributed by atoms with van der Waals surface area (Å²) in [7, 11) is 0. The molecule has 0 aromatic heterocycles. The molecule has 4 N–H and O–H groups in total. The number of benzene rings is 2. The quantitative estimate of drug-likeness (QED) is 0.476. The zero-order chi connectivity index (χ0) is 11.1. The van der Waals surface area contributed by atoms with Crippen LogP contribution in [0.25, 0.3) is 22.9 Å². The van der Waals surface area contributed by atoms with E-state index in [0.717, 1.165) is 11.1 Å². The Bertz CT molecular complexity index is 623. The van der Waals surface area contributed by atoms with Gasteiger partial charge in [0.2, 0.25) is 0 Å². The molecule has 16 heavy (non-hydrogen) atoms. The van der Waals surface area contributed by atoms with Crippen LogP contribution in [0.2, 0.25) is 0 Å². The van der Waals surface area contributed by atoms with Crippen molar-refractivity contribution >= 4 is 34.6 Å². The number of nitrogens with zero attached hydrogens (tertiary/aromatic N) is 1. The maximum absolute atomic E-state index is 5.42. The molecule has 0 amide bonds. The van der Waals surface area contributed by atoms with Gasteiger partial charge in [0.25, 0.3) is 0 Å². The van der Waals surface area contributed by atoms with Gasteiger partial charge >= 0.3 is 0 Å². The lowest BCUT2D eigenvalue weighted by Gasteiger charge is -2.05. The van der Waals surface area contributed by atoms with Gasteiger partial charge in [0.05, 0.1) is 5.69 Å². The highest BCUT2D eigenvalue weighted by atomic mass is 15.0. The summed E-state index contributed by atoms with van der Waals surface area (Å²) in [5.41, 5.74) is 14.1. The minimum Gasteiger partial charge on any atom is -0.370 e. The predicted molar refractivity (Wildman–Crippen MR) is 68.3 cm³/mol. The molecule has 0 aliphatic heterocycles. The molecule has 2 aromatic carbocycles. The molecule has 1 aliphatic carbocycles. The number of guanidine groups is 1. The van der Waals surface area contributed by atoms with E-state index in [1.165, 1.54) is 16.5 Å². The van der Waals surface area contributed by atoms with E-state index in [4.69, 9.17) is 11.5 Å². The average molecular weight is 209 g/mol. The van der Waals surface area contributed by atoms with Crippen LogP contribution in [0, 0.1) is 0 Å². The number of rotatable bonds is 1. The van der Waals surface area contributed by atoms with Crippen LogP contribution in [0.4, 0.5) is 5.69 Å². The molecule has 0 fully saturated rings. The van der Waals surface area contributed by atoms with Crippen molar-refractivity contribution in [1.29, 1.82) is 0 Å². The molecule has 2 aromatic rings. The first-order valence-electron chi connectivity index (χ1n) is 5.09. The highest BCUT2D eigenvalue weighted by Crippen LogP contribution is 2.36. The summed E-state index contributed by atoms with van der Waals surface area (Å²) in [6.07, 6.45) is 4.22. The lowest BCUT2D eigenvalue weighted by molar-refractivity contribution is 1.44. The van der Waals surface area contributed by atoms with Crippen LogP contribution in [0.1, 0.15) is 11.1 Å². The molecule has 0 radical (unpaired) electrons. The molecule has 3 rings (SSSR count). The minimum absolute atomic E-state index is 0.0895. The molecular weight excluding hydrogens is 198 g/mol. The molecule has 0 unspecified atom stereocenters. The van der Waals surface area contributed by atoms with Crippen LogP contribution < -0.4 is 11.5 Å². The Kier molecular flexibility index (Phi) is 1.74. The van der Waals surface area contributed by atoms with Crippen molar-refractivity contribution in [3.8, 4) is 0 Å². The molecule has 78 valence electrons. The Hall–Kier alpha value is -2.29. The zero-order valence-electron chi connectivity index (χ0n) is 8.64. The predicted octanol–water partition coefficient (Wildman–Crippen LogP) is 2.23. The number of nitrogens with two attached hydrogens (primary N) is 2. The second kappa shape index (κ2) is 3.10. The molecule has 3 heteroatoms. The topological polar surface area (TPSA) is 64.4 Å². The second-order valence-electron chi connectivity index (χ2n) is 3.81. The van der Waals surface area contributed by atoms with Gasteiger partial charge in [-0.05, 0) is 22.6 Å². The van der Waals surface area contributed by atoms with Crippen LogP contribution in [-0.4, -0.2) is 5.96 Å². The van der Waals surface area contributed by atoms with Gasteiger partial charge in [-0.3, -0.25) is 0 Å². The zero-order valence-corrected chi connectivity index (χ0v) is 8.64. The lowest BCUT2D eigenvalue weighted by Crippen LogP contribution is -2.21. The molecule has 3 nitrogen and oxygen atoms in total. The summed E-state index contributed by atoms with van der Waals surface area (Å²) in [5, 5.41) is 2.32. The van der Waals surface area contributed by atoms with Crippen molar-refractivity contribution in [3.63, 3.8) is 0 Å². The molecule has 0 bridgehead atoms. The third-order valence-corrected chi connectivity index (χ3v) is 2.77. The van der Waals surface area contributed by atoms with Gasteiger partial charge in [0.15, 0.2) is 5.96 Å². The summed E-state index contributed by atoms with van der Waals surface area (Å²) in [6, 6.07) is 10.1. The summed E-state index contributed by atoms with van der Waals surface area (Å²) in [5.74, 6) is 0.0895. The Balaban J connectivity index is 2.40. The molecule has 0 saturated carbocycles. The van der Waals surface area contributed by atoms with E-state index in [9.17, 15) is 0 Å². The van der Waals surface area contributed by atoms with Gasteiger partial charge in [-0.15, -0.1) is 0 Å². The highest BCUT2D eigenvalue weighted by Gasteiger charge is 2.10. The fraction of sp³-hybridized carbons (Fsp3) is 0. The van der Waals surface area contributed by atoms with E-state index in [1.54, 1.807) is 0 Å². The van der Waals surface area contributed by atoms with Gasteiger partial charge in [0.1, 0.15) is 0 Å². The molecule has 1 aliphatic rings. The van der Waals surface area contributed by atoms with Crippen molar-refractivity contribution in [2.24, 2.45) is 16.5 Å². The fourth-order valence-corrected chi connectivity index (χ4v) is 2.14. The van der Waals surface area contributed by atoms with Crippen LogP contribution in [-0.2, 0) is 0 Å². The van der Waals surface area contributed by atoms with Crippen molar-refractivity contribution in [3.05, 3.63) is 41.5 Å². The monoisotopic (exact) mass is 209 g/mol. The summed E-state index contributed by atoms with van der Waals surface area (Å²) >= 11 is 0. The van der Waals surface area contributed by atoms with Crippen molar-refractivity contribution < 1.29 is 0 Å². The normalized spacial score (nSPS) is 12.0. The van der Waals surface area contributed by atoms with Gasteiger partial charge in [-0.25, -0.2) is 4.99 Å². The van der Waals surface area contributed by atoms with E-state index in [2.05, 4.69) is 23.2 Å². The first kappa shape index (κ1) is 8.97. The van der Waals surface area contributed by atoms with E-state index in [-0.39, 0.29) is 5.96 Å². The lowest BCUT2D eigenvalue weighted by atomic mass is 10.0. The Morgan fingerprint density at radius 2 is 1.69 bits per heavy atom. The van der Waals surface area contributed by atoms with Crippen molar-refractivity contribution in [2.75, 3.05) is 0 Å². The van der Waals surface area contributed by atoms with Crippen molar-refractivity contribution in [1.82, 2.24) is 0 Å². The third-order valence-electron chi connectivity index (χ3n) is 2.77. The SMILES string of the molecule is NC(N)=Nc1ccc2c3c(cccc13)C=C2. The Labute approximate surface area is 93.1 Å². The summed E-state index contributed by atoms with van der Waals surface area (Å²) in [6.45, 7) is 0. The summed E-state index contributed by atoms with van der Waals surface area (Å²) in [4.78, 5) is 4.14. The smallest absolute Gasteiger partial charge is 0.191 e. The molecule has 0 atom stereocenters. The Morgan fingerprint density at radius 3 is 2.44 bits per heavy atom. The van der Waals surface area contributed by atoms with Crippen LogP contribution >= 0.6 is 0 Å². The fourth-order valence-electron chi connectivity index (χ4n) is 2.14. The van der Waals surface area contributed by atoms with Crippen LogP contribution in [0.15, 0.2) is 35.3 Å². The first-order chi connectivity index (χ1) is 7.75. The van der Waals surface area contributed by atoms with Gasteiger partial charge in [-0.1, -0.05) is 36.4 Å². The van der Waals surface area contributed by atoms with Gasteiger partial charge in [0, 0.05) is 5.39 Å². The molecular formula is C13H11N3. The second-order valence-corrected chi connectivity index (χ2v) is 3.81. The summed E-state index contributed by atoms with van der Waals surface area (Å²) < 4.78 is 0. The van der Waals surface area contributed by atoms with E-state index < -0.39 is 0 Å². The number of aliphatic imine (C=N–C) groups is 1. The highest BCUT2D eigenvalue weighted by molar-refractivity contribution is 6.09. The number of hydrogen-bond donors (Lipinski definition) is 2. The van der Waals surface area contributed by atoms with Crippen molar-refractivity contribution in [2.45, 2.75) is 0 Å². The maximum atomic E-state index is 5.42. The third kappa shape index (κ3) is 1.18. The molecule has 0 spiro atoms. The van der Waals surface area contributed by atoms with Gasteiger partial charge < -0.3 is 11.5 Å². The largest absolute Gasteiger partial charge is 0.370 e. The number of hydrogen-bond acceptors (Lipinski definition) is 1. The first-order valence-corrected chi connectivity index (χ1v) is 5.09.